The summed E-state index contributed by atoms with van der Waals surface area (Å²) in [5.41, 5.74) is 4.91. The fourth-order valence-electron chi connectivity index (χ4n) is 3.11. The third kappa shape index (κ3) is 6.43. The predicted molar refractivity (Wildman–Crippen MR) is 144 cm³/mol. The minimum Gasteiger partial charge on any atom is -0.496 e. The van der Waals surface area contributed by atoms with Gasteiger partial charge < -0.3 is 4.74 Å². The molecule has 1 aromatic heterocycles. The highest BCUT2D eigenvalue weighted by Gasteiger charge is 2.17. The van der Waals surface area contributed by atoms with Crippen LogP contribution in [0.2, 0.25) is 10.0 Å². The number of methoxy groups -OCH3 is 1. The molecule has 0 saturated heterocycles. The Hall–Kier alpha value is -2.85. The van der Waals surface area contributed by atoms with Gasteiger partial charge in [-0.3, -0.25) is 9.36 Å². The van der Waals surface area contributed by atoms with Crippen LogP contribution in [-0.2, 0) is 4.79 Å². The van der Waals surface area contributed by atoms with E-state index >= 15 is 0 Å². The number of hydrogen-bond acceptors (Lipinski definition) is 6. The molecule has 35 heavy (non-hydrogen) atoms. The van der Waals surface area contributed by atoms with Gasteiger partial charge in [0.25, 0.3) is 5.91 Å². The summed E-state index contributed by atoms with van der Waals surface area (Å²) >= 11 is 16.8. The van der Waals surface area contributed by atoms with E-state index in [2.05, 4.69) is 36.7 Å². The quantitative estimate of drug-likeness (QED) is 0.149. The molecule has 0 radical (unpaired) electrons. The molecule has 3 aromatic carbocycles. The van der Waals surface area contributed by atoms with Gasteiger partial charge in [0.15, 0.2) is 11.0 Å². The zero-order valence-electron chi connectivity index (χ0n) is 18.3. The highest BCUT2D eigenvalue weighted by atomic mass is 79.9. The van der Waals surface area contributed by atoms with Gasteiger partial charge in [-0.2, -0.15) is 5.10 Å². The first-order valence-electron chi connectivity index (χ1n) is 10.2. The highest BCUT2D eigenvalue weighted by Crippen LogP contribution is 2.29. The van der Waals surface area contributed by atoms with Crippen molar-refractivity contribution >= 4 is 63.0 Å². The lowest BCUT2D eigenvalue weighted by atomic mass is 10.2. The summed E-state index contributed by atoms with van der Waals surface area (Å²) in [6.45, 7) is 0. The molecule has 0 aliphatic carbocycles. The summed E-state index contributed by atoms with van der Waals surface area (Å²) in [6.07, 6.45) is 1.53. The Morgan fingerprint density at radius 2 is 1.77 bits per heavy atom. The van der Waals surface area contributed by atoms with E-state index in [0.29, 0.717) is 26.8 Å². The zero-order valence-corrected chi connectivity index (χ0v) is 22.2. The van der Waals surface area contributed by atoms with E-state index in [0.717, 1.165) is 21.3 Å². The minimum absolute atomic E-state index is 0.0826. The monoisotopic (exact) mass is 589 g/mol. The molecule has 0 saturated carbocycles. The van der Waals surface area contributed by atoms with E-state index in [1.807, 2.05) is 47.0 Å². The van der Waals surface area contributed by atoms with Crippen molar-refractivity contribution in [3.8, 4) is 22.8 Å². The third-order valence-corrected chi connectivity index (χ3v) is 6.66. The summed E-state index contributed by atoms with van der Waals surface area (Å²) < 4.78 is 8.05. The summed E-state index contributed by atoms with van der Waals surface area (Å²) in [4.78, 5) is 12.5. The lowest BCUT2D eigenvalue weighted by Gasteiger charge is -2.10. The molecule has 178 valence electrons. The van der Waals surface area contributed by atoms with Gasteiger partial charge >= 0.3 is 0 Å². The van der Waals surface area contributed by atoms with Gasteiger partial charge in [-0.25, -0.2) is 5.43 Å². The number of aromatic nitrogens is 3. The first kappa shape index (κ1) is 25.2. The first-order valence-corrected chi connectivity index (χ1v) is 12.7. The number of ether oxygens (including phenoxy) is 1. The van der Waals surface area contributed by atoms with E-state index in [-0.39, 0.29) is 11.7 Å². The number of amides is 1. The van der Waals surface area contributed by atoms with Crippen LogP contribution in [0.5, 0.6) is 5.75 Å². The molecule has 0 atom stereocenters. The van der Waals surface area contributed by atoms with Crippen molar-refractivity contribution in [3.05, 3.63) is 86.8 Å². The number of carbonyl (C=O) groups is 1. The van der Waals surface area contributed by atoms with Crippen LogP contribution >= 0.6 is 50.9 Å². The molecular weight excluding hydrogens is 573 g/mol. The fraction of sp³-hybridized carbons (Fsp3) is 0.0833. The van der Waals surface area contributed by atoms with Crippen LogP contribution in [0, 0.1) is 0 Å². The molecule has 0 bridgehead atoms. The van der Waals surface area contributed by atoms with Gasteiger partial charge in [0, 0.05) is 31.3 Å². The molecule has 1 amide bonds. The van der Waals surface area contributed by atoms with E-state index in [4.69, 9.17) is 27.9 Å². The van der Waals surface area contributed by atoms with E-state index in [1.165, 1.54) is 18.0 Å². The normalized spacial score (nSPS) is 11.1. The second-order valence-corrected chi connectivity index (χ2v) is 9.82. The lowest BCUT2D eigenvalue weighted by molar-refractivity contribution is -0.118. The van der Waals surface area contributed by atoms with Crippen molar-refractivity contribution in [1.82, 2.24) is 20.2 Å². The van der Waals surface area contributed by atoms with Crippen molar-refractivity contribution in [1.29, 1.82) is 0 Å². The molecule has 0 unspecified atom stereocenters. The first-order chi connectivity index (χ1) is 16.9. The summed E-state index contributed by atoms with van der Waals surface area (Å²) in [6, 6.07) is 20.1. The largest absolute Gasteiger partial charge is 0.496 e. The fourth-order valence-corrected chi connectivity index (χ4v) is 4.49. The van der Waals surface area contributed by atoms with Crippen molar-refractivity contribution in [3.63, 3.8) is 0 Å². The van der Waals surface area contributed by atoms with Crippen molar-refractivity contribution in [2.75, 3.05) is 12.9 Å². The molecule has 0 aliphatic rings. The molecule has 1 N–H and O–H groups in total. The molecule has 4 rings (SSSR count). The Morgan fingerprint density at radius 1 is 1.09 bits per heavy atom. The third-order valence-electron chi connectivity index (χ3n) is 4.74. The van der Waals surface area contributed by atoms with Gasteiger partial charge in [0.2, 0.25) is 0 Å². The number of nitrogens with zero attached hydrogens (tertiary/aromatic N) is 4. The Kier molecular flexibility index (Phi) is 8.46. The Labute approximate surface area is 224 Å². The summed E-state index contributed by atoms with van der Waals surface area (Å²) in [7, 11) is 1.57. The predicted octanol–water partition coefficient (Wildman–Crippen LogP) is 6.25. The van der Waals surface area contributed by atoms with Gasteiger partial charge in [-0.15, -0.1) is 10.2 Å². The van der Waals surface area contributed by atoms with Crippen LogP contribution in [0.4, 0.5) is 0 Å². The van der Waals surface area contributed by atoms with Crippen LogP contribution in [0.15, 0.2) is 81.5 Å². The molecule has 0 spiro atoms. The molecular formula is C24H18BrCl2N5O2S. The zero-order chi connectivity index (χ0) is 24.8. The average Bonchev–Trinajstić information content (AvgIpc) is 3.28. The van der Waals surface area contributed by atoms with Gasteiger partial charge in [0.1, 0.15) is 5.75 Å². The number of nitrogens with one attached hydrogen (secondary N) is 1. The number of hydrazone groups is 1. The van der Waals surface area contributed by atoms with Crippen LogP contribution in [0.25, 0.3) is 17.1 Å². The maximum absolute atomic E-state index is 12.5. The summed E-state index contributed by atoms with van der Waals surface area (Å²) in [5.74, 6) is 1.05. The lowest BCUT2D eigenvalue weighted by Crippen LogP contribution is -2.20. The molecule has 0 fully saturated rings. The van der Waals surface area contributed by atoms with Crippen molar-refractivity contribution < 1.29 is 9.53 Å². The van der Waals surface area contributed by atoms with Crippen LogP contribution in [-0.4, -0.2) is 39.7 Å². The maximum atomic E-state index is 12.5. The average molecular weight is 591 g/mol. The second kappa shape index (κ2) is 11.7. The number of halogens is 3. The van der Waals surface area contributed by atoms with Crippen molar-refractivity contribution in [2.24, 2.45) is 5.10 Å². The summed E-state index contributed by atoms with van der Waals surface area (Å²) in [5, 5.41) is 14.5. The van der Waals surface area contributed by atoms with Crippen LogP contribution < -0.4 is 10.2 Å². The Bertz CT molecular complexity index is 1360. The van der Waals surface area contributed by atoms with E-state index in [9.17, 15) is 4.79 Å². The van der Waals surface area contributed by atoms with Crippen LogP contribution in [0.3, 0.4) is 0 Å². The number of benzene rings is 3. The molecule has 1 heterocycles. The van der Waals surface area contributed by atoms with Gasteiger partial charge in [0.05, 0.1) is 19.1 Å². The SMILES string of the molecule is COc1ccc(Br)cc1/C=N\NC(=O)CSc1nnc(-c2ccc(Cl)cc2)n1-c1ccc(Cl)cc1. The Balaban J connectivity index is 1.51. The number of thioether (sulfide) groups is 1. The number of rotatable bonds is 8. The van der Waals surface area contributed by atoms with Gasteiger partial charge in [-0.1, -0.05) is 50.9 Å². The molecule has 0 aliphatic heterocycles. The van der Waals surface area contributed by atoms with E-state index < -0.39 is 0 Å². The maximum Gasteiger partial charge on any atom is 0.250 e. The molecule has 4 aromatic rings. The Morgan fingerprint density at radius 3 is 2.46 bits per heavy atom. The molecule has 7 nitrogen and oxygen atoms in total. The smallest absolute Gasteiger partial charge is 0.250 e. The standard InChI is InChI=1S/C24H18BrCl2N5O2S/c1-34-21-11-4-17(25)12-16(21)13-28-29-22(33)14-35-24-31-30-23(15-2-5-18(26)6-3-15)32(24)20-9-7-19(27)8-10-20/h2-13H,14H2,1H3,(H,29,33)/b28-13-. The van der Waals surface area contributed by atoms with E-state index in [1.54, 1.807) is 31.4 Å². The minimum atomic E-state index is -0.293. The number of hydrogen-bond donors (Lipinski definition) is 1. The van der Waals surface area contributed by atoms with Gasteiger partial charge in [-0.05, 0) is 66.7 Å². The second-order valence-electron chi connectivity index (χ2n) is 7.09. The number of carbonyl (C=O) groups excluding carboxylic acids is 1. The van der Waals surface area contributed by atoms with Crippen LogP contribution in [0.1, 0.15) is 5.56 Å². The molecule has 11 heteroatoms. The topological polar surface area (TPSA) is 81.4 Å². The highest BCUT2D eigenvalue weighted by molar-refractivity contribution is 9.10. The van der Waals surface area contributed by atoms with Crippen molar-refractivity contribution in [2.45, 2.75) is 5.16 Å².